The predicted molar refractivity (Wildman–Crippen MR) is 97.9 cm³/mol. The number of ether oxygens (including phenoxy) is 1. The van der Waals surface area contributed by atoms with E-state index in [9.17, 15) is 18.0 Å². The van der Waals surface area contributed by atoms with E-state index in [1.165, 1.54) is 6.07 Å². The zero-order valence-corrected chi connectivity index (χ0v) is 14.9. The second-order valence-corrected chi connectivity index (χ2v) is 7.15. The van der Waals surface area contributed by atoms with Gasteiger partial charge in [0, 0.05) is 25.2 Å². The van der Waals surface area contributed by atoms with Gasteiger partial charge in [-0.2, -0.15) is 13.2 Å². The maximum atomic E-state index is 12.9. The average Bonchev–Trinajstić information content (AvgIpc) is 2.63. The quantitative estimate of drug-likeness (QED) is 0.853. The van der Waals surface area contributed by atoms with Gasteiger partial charge in [-0.15, -0.1) is 0 Å². The Hall–Kier alpha value is -2.80. The molecule has 7 heteroatoms. The second-order valence-electron chi connectivity index (χ2n) is 7.15. The molecule has 0 unspecified atom stereocenters. The molecule has 0 spiro atoms. The summed E-state index contributed by atoms with van der Waals surface area (Å²) in [7, 11) is 0. The number of benzene rings is 2. The van der Waals surface area contributed by atoms with E-state index in [0.29, 0.717) is 43.1 Å². The third kappa shape index (κ3) is 3.75. The fourth-order valence-electron chi connectivity index (χ4n) is 3.50. The normalized spacial score (nSPS) is 17.3. The molecule has 4 rings (SSSR count). The summed E-state index contributed by atoms with van der Waals surface area (Å²) in [5.41, 5.74) is 2.38. The van der Waals surface area contributed by atoms with Crippen LogP contribution in [0.1, 0.15) is 11.1 Å². The average molecular weight is 389 g/mol. The summed E-state index contributed by atoms with van der Waals surface area (Å²) in [4.78, 5) is 12.9. The highest BCUT2D eigenvalue weighted by molar-refractivity contribution is 5.73. The third-order valence-electron chi connectivity index (χ3n) is 5.04. The minimum absolute atomic E-state index is 0.299. The first-order valence-electron chi connectivity index (χ1n) is 8.89. The van der Waals surface area contributed by atoms with Crippen molar-refractivity contribution >= 4 is 12.0 Å². The van der Waals surface area contributed by atoms with Crippen LogP contribution < -0.4 is 4.74 Å². The van der Waals surface area contributed by atoms with Gasteiger partial charge in [-0.3, -0.25) is 9.69 Å². The number of rotatable bonds is 4. The number of carboxylic acids is 1. The molecule has 4 nitrogen and oxygen atoms in total. The van der Waals surface area contributed by atoms with Crippen LogP contribution in [0, 0.1) is 5.92 Å². The lowest BCUT2D eigenvalue weighted by Gasteiger charge is -2.37. The molecule has 0 amide bonds. The fourth-order valence-corrected chi connectivity index (χ4v) is 3.50. The van der Waals surface area contributed by atoms with Crippen molar-refractivity contribution in [2.24, 2.45) is 5.92 Å². The topological polar surface area (TPSA) is 49.8 Å². The Labute approximate surface area is 159 Å². The van der Waals surface area contributed by atoms with E-state index in [-0.39, 0.29) is 5.92 Å². The third-order valence-corrected chi connectivity index (χ3v) is 5.04. The number of carbonyl (C=O) groups is 1. The number of aliphatic carboxylic acids is 1. The first-order valence-corrected chi connectivity index (χ1v) is 8.89. The van der Waals surface area contributed by atoms with Crippen molar-refractivity contribution in [2.45, 2.75) is 6.18 Å². The van der Waals surface area contributed by atoms with E-state index in [1.54, 1.807) is 18.2 Å². The van der Waals surface area contributed by atoms with Crippen molar-refractivity contribution in [3.05, 3.63) is 59.2 Å². The molecule has 2 aromatic carbocycles. The Morgan fingerprint density at radius 2 is 1.89 bits per heavy atom. The van der Waals surface area contributed by atoms with Gasteiger partial charge in [-0.1, -0.05) is 24.3 Å². The maximum Gasteiger partial charge on any atom is 0.416 e. The van der Waals surface area contributed by atoms with Gasteiger partial charge in [-0.05, 0) is 41.0 Å². The molecule has 0 bridgehead atoms. The largest absolute Gasteiger partial charge is 0.489 e. The van der Waals surface area contributed by atoms with Crippen LogP contribution in [0.4, 0.5) is 13.2 Å². The summed E-state index contributed by atoms with van der Waals surface area (Å²) in [6.07, 6.45) is -2.38. The van der Waals surface area contributed by atoms with Gasteiger partial charge in [0.2, 0.25) is 0 Å². The van der Waals surface area contributed by atoms with Crippen LogP contribution in [-0.4, -0.2) is 42.2 Å². The molecule has 2 aliphatic heterocycles. The molecule has 0 aliphatic carbocycles. The summed E-state index contributed by atoms with van der Waals surface area (Å²) < 4.78 is 44.6. The van der Waals surface area contributed by atoms with Crippen molar-refractivity contribution in [1.29, 1.82) is 0 Å². The van der Waals surface area contributed by atoms with E-state index in [0.717, 1.165) is 23.3 Å². The smallest absolute Gasteiger partial charge is 0.416 e. The van der Waals surface area contributed by atoms with Gasteiger partial charge < -0.3 is 9.84 Å². The van der Waals surface area contributed by atoms with Crippen molar-refractivity contribution < 1.29 is 27.8 Å². The van der Waals surface area contributed by atoms with E-state index in [1.807, 2.05) is 12.1 Å². The van der Waals surface area contributed by atoms with Crippen LogP contribution >= 0.6 is 0 Å². The van der Waals surface area contributed by atoms with E-state index in [4.69, 9.17) is 9.84 Å². The lowest BCUT2D eigenvalue weighted by Crippen LogP contribution is -2.51. The lowest BCUT2D eigenvalue weighted by molar-refractivity contribution is -0.147. The van der Waals surface area contributed by atoms with Crippen LogP contribution in [-0.2, 0) is 11.0 Å². The maximum absolute atomic E-state index is 12.9. The van der Waals surface area contributed by atoms with Crippen LogP contribution in [0.15, 0.2) is 48.0 Å². The number of hydrogen-bond acceptors (Lipinski definition) is 3. The lowest BCUT2D eigenvalue weighted by atomic mass is 9.97. The predicted octanol–water partition coefficient (Wildman–Crippen LogP) is 4.16. The molecule has 146 valence electrons. The second kappa shape index (κ2) is 6.98. The van der Waals surface area contributed by atoms with Crippen LogP contribution in [0.25, 0.3) is 17.2 Å². The van der Waals surface area contributed by atoms with Gasteiger partial charge in [0.05, 0.1) is 11.5 Å². The Morgan fingerprint density at radius 1 is 1.14 bits per heavy atom. The summed E-state index contributed by atoms with van der Waals surface area (Å²) in [6.45, 7) is 2.11. The molecule has 0 radical (unpaired) electrons. The van der Waals surface area contributed by atoms with E-state index < -0.39 is 17.7 Å². The molecule has 0 aromatic heterocycles. The van der Waals surface area contributed by atoms with Crippen LogP contribution in [0.2, 0.25) is 0 Å². The van der Waals surface area contributed by atoms with Crippen LogP contribution in [0.5, 0.6) is 5.75 Å². The minimum Gasteiger partial charge on any atom is -0.489 e. The van der Waals surface area contributed by atoms with E-state index in [2.05, 4.69) is 4.90 Å². The number of fused-ring (bicyclic) bond motifs is 1. The van der Waals surface area contributed by atoms with Gasteiger partial charge in [0.25, 0.3) is 0 Å². The highest BCUT2D eigenvalue weighted by Crippen LogP contribution is 2.35. The summed E-state index contributed by atoms with van der Waals surface area (Å²) in [5, 5.41) is 8.94. The number of hydrogen-bond donors (Lipinski definition) is 1. The number of alkyl halides is 3. The zero-order chi connectivity index (χ0) is 19.9. The Bertz CT molecular complexity index is 946. The zero-order valence-electron chi connectivity index (χ0n) is 14.9. The SMILES string of the molecule is O=C(O)C1CN(CC2=Cc3ccc(-c4cccc(C(F)(F)F)c4)cc3OC2)C1. The molecular formula is C21H18F3NO3. The van der Waals surface area contributed by atoms with Crippen molar-refractivity contribution in [3.8, 4) is 16.9 Å². The van der Waals surface area contributed by atoms with Gasteiger partial charge in [-0.25, -0.2) is 0 Å². The number of nitrogens with zero attached hydrogens (tertiary/aromatic N) is 1. The minimum atomic E-state index is -4.38. The molecule has 28 heavy (non-hydrogen) atoms. The monoisotopic (exact) mass is 389 g/mol. The summed E-state index contributed by atoms with van der Waals surface area (Å²) in [6, 6.07) is 10.6. The van der Waals surface area contributed by atoms with Crippen molar-refractivity contribution in [2.75, 3.05) is 26.2 Å². The highest BCUT2D eigenvalue weighted by Gasteiger charge is 2.33. The number of halogens is 3. The van der Waals surface area contributed by atoms with Crippen molar-refractivity contribution in [3.63, 3.8) is 0 Å². The Balaban J connectivity index is 1.50. The standard InChI is InChI=1S/C21H18F3NO3/c22-21(23,24)18-3-1-2-14(7-18)15-4-5-16-6-13(12-28-19(16)8-15)9-25-10-17(11-25)20(26)27/h1-8,17H,9-12H2,(H,26,27). The molecule has 1 fully saturated rings. The summed E-state index contributed by atoms with van der Waals surface area (Å²) >= 11 is 0. The summed E-state index contributed by atoms with van der Waals surface area (Å²) in [5.74, 6) is -0.435. The molecule has 1 saturated heterocycles. The van der Waals surface area contributed by atoms with Crippen LogP contribution in [0.3, 0.4) is 0 Å². The highest BCUT2D eigenvalue weighted by atomic mass is 19.4. The fraction of sp³-hybridized carbons (Fsp3) is 0.286. The van der Waals surface area contributed by atoms with Gasteiger partial charge in [0.1, 0.15) is 12.4 Å². The molecule has 2 aliphatic rings. The first-order chi connectivity index (χ1) is 13.3. The molecule has 1 N–H and O–H groups in total. The van der Waals surface area contributed by atoms with E-state index >= 15 is 0 Å². The Kier molecular flexibility index (Phi) is 4.63. The number of carboxylic acid groups (broad SMARTS) is 1. The molecular weight excluding hydrogens is 371 g/mol. The molecule has 0 atom stereocenters. The molecule has 0 saturated carbocycles. The Morgan fingerprint density at radius 3 is 2.61 bits per heavy atom. The first kappa shape index (κ1) is 18.6. The molecule has 2 heterocycles. The van der Waals surface area contributed by atoms with Gasteiger partial charge >= 0.3 is 12.1 Å². The van der Waals surface area contributed by atoms with Gasteiger partial charge in [0.15, 0.2) is 0 Å². The molecule has 2 aromatic rings. The van der Waals surface area contributed by atoms with Crippen molar-refractivity contribution in [1.82, 2.24) is 4.90 Å². The number of likely N-dealkylation sites (tertiary alicyclic amines) is 1.